The van der Waals surface area contributed by atoms with Crippen molar-refractivity contribution in [2.24, 2.45) is 4.99 Å². The summed E-state index contributed by atoms with van der Waals surface area (Å²) in [6.07, 6.45) is 6.40. The first-order valence-corrected chi connectivity index (χ1v) is 8.86. The van der Waals surface area contributed by atoms with Crippen LogP contribution in [0.15, 0.2) is 72.1 Å². The van der Waals surface area contributed by atoms with Gasteiger partial charge in [0.25, 0.3) is 0 Å². The molecule has 0 saturated carbocycles. The smallest absolute Gasteiger partial charge is 0.191 e. The summed E-state index contributed by atoms with van der Waals surface area (Å²) in [6.45, 7) is 4.28. The lowest BCUT2D eigenvalue weighted by atomic mass is 10.2. The van der Waals surface area contributed by atoms with Crippen LogP contribution in [0.1, 0.15) is 18.2 Å². The van der Waals surface area contributed by atoms with E-state index >= 15 is 0 Å². The van der Waals surface area contributed by atoms with Gasteiger partial charge in [0.15, 0.2) is 5.96 Å². The second-order valence-corrected chi connectivity index (χ2v) is 5.81. The SMILES string of the molecule is CCNC(=NCc1cccc(-n2cccn2)c1)NCCc1ccccn1.I. The minimum Gasteiger partial charge on any atom is -0.357 e. The molecule has 0 fully saturated rings. The Balaban J connectivity index is 0.00000261. The fourth-order valence-electron chi connectivity index (χ4n) is 2.59. The largest absolute Gasteiger partial charge is 0.357 e. The number of pyridine rings is 1. The van der Waals surface area contributed by atoms with Crippen LogP contribution < -0.4 is 10.6 Å². The Kier molecular flexibility index (Phi) is 8.76. The highest BCUT2D eigenvalue weighted by molar-refractivity contribution is 14.0. The minimum atomic E-state index is 0. The number of aliphatic imine (C=N–C) groups is 1. The molecule has 3 rings (SSSR count). The average Bonchev–Trinajstić information content (AvgIpc) is 3.22. The Morgan fingerprint density at radius 1 is 1.07 bits per heavy atom. The summed E-state index contributed by atoms with van der Waals surface area (Å²) in [5.74, 6) is 0.813. The van der Waals surface area contributed by atoms with Crippen LogP contribution in [0.4, 0.5) is 0 Å². The number of halogens is 1. The van der Waals surface area contributed by atoms with Gasteiger partial charge in [-0.2, -0.15) is 5.10 Å². The Bertz CT molecular complexity index is 818. The van der Waals surface area contributed by atoms with Gasteiger partial charge in [-0.15, -0.1) is 24.0 Å². The number of rotatable bonds is 7. The molecule has 2 aromatic heterocycles. The monoisotopic (exact) mass is 476 g/mol. The van der Waals surface area contributed by atoms with Crippen LogP contribution in [-0.4, -0.2) is 33.8 Å². The molecular weight excluding hydrogens is 451 g/mol. The number of nitrogens with one attached hydrogen (secondary N) is 2. The molecule has 1 aromatic carbocycles. The zero-order chi connectivity index (χ0) is 18.0. The standard InChI is InChI=1S/C20H24N6.HI/c1-2-21-20(23-13-10-18-8-3-4-11-22-18)24-16-17-7-5-9-19(15-17)26-14-6-12-25-26;/h3-9,11-12,14-15H,2,10,13,16H2,1H3,(H2,21,23,24);1H. The Morgan fingerprint density at radius 3 is 2.74 bits per heavy atom. The van der Waals surface area contributed by atoms with E-state index in [0.717, 1.165) is 42.4 Å². The Hall–Kier alpha value is -2.42. The van der Waals surface area contributed by atoms with Crippen molar-refractivity contribution in [3.05, 3.63) is 78.4 Å². The second kappa shape index (κ2) is 11.3. The van der Waals surface area contributed by atoms with E-state index in [9.17, 15) is 0 Å². The van der Waals surface area contributed by atoms with Crippen LogP contribution in [0.3, 0.4) is 0 Å². The Morgan fingerprint density at radius 2 is 2.00 bits per heavy atom. The third kappa shape index (κ3) is 6.67. The maximum atomic E-state index is 4.68. The van der Waals surface area contributed by atoms with Gasteiger partial charge in [-0.05, 0) is 42.8 Å². The normalized spacial score (nSPS) is 10.9. The number of hydrogen-bond acceptors (Lipinski definition) is 3. The van der Waals surface area contributed by atoms with Gasteiger partial charge in [0.2, 0.25) is 0 Å². The summed E-state index contributed by atoms with van der Waals surface area (Å²) < 4.78 is 1.85. The van der Waals surface area contributed by atoms with E-state index < -0.39 is 0 Å². The summed E-state index contributed by atoms with van der Waals surface area (Å²) in [4.78, 5) is 9.02. The van der Waals surface area contributed by atoms with E-state index in [1.165, 1.54) is 0 Å². The summed E-state index contributed by atoms with van der Waals surface area (Å²) >= 11 is 0. The highest BCUT2D eigenvalue weighted by Gasteiger charge is 2.01. The number of benzene rings is 1. The Labute approximate surface area is 177 Å². The van der Waals surface area contributed by atoms with Crippen molar-refractivity contribution < 1.29 is 0 Å². The lowest BCUT2D eigenvalue weighted by molar-refractivity contribution is 0.788. The van der Waals surface area contributed by atoms with Gasteiger partial charge in [0.05, 0.1) is 12.2 Å². The number of guanidine groups is 1. The molecule has 0 saturated heterocycles. The molecule has 0 amide bonds. The number of aromatic nitrogens is 3. The van der Waals surface area contributed by atoms with Crippen molar-refractivity contribution in [3.8, 4) is 5.69 Å². The third-order valence-electron chi connectivity index (χ3n) is 3.84. The van der Waals surface area contributed by atoms with Crippen LogP contribution in [-0.2, 0) is 13.0 Å². The predicted molar refractivity (Wildman–Crippen MR) is 120 cm³/mol. The van der Waals surface area contributed by atoms with Crippen LogP contribution in [0.25, 0.3) is 5.69 Å². The van der Waals surface area contributed by atoms with Crippen LogP contribution in [0, 0.1) is 0 Å². The van der Waals surface area contributed by atoms with E-state index in [1.54, 1.807) is 6.20 Å². The highest BCUT2D eigenvalue weighted by atomic mass is 127. The highest BCUT2D eigenvalue weighted by Crippen LogP contribution is 2.10. The molecule has 0 aliphatic heterocycles. The summed E-state index contributed by atoms with van der Waals surface area (Å²) in [6, 6.07) is 16.1. The van der Waals surface area contributed by atoms with Crippen molar-refractivity contribution in [1.82, 2.24) is 25.4 Å². The van der Waals surface area contributed by atoms with Crippen molar-refractivity contribution in [2.45, 2.75) is 19.9 Å². The molecule has 0 aliphatic rings. The van der Waals surface area contributed by atoms with Crippen LogP contribution in [0.5, 0.6) is 0 Å². The maximum Gasteiger partial charge on any atom is 0.191 e. The maximum absolute atomic E-state index is 4.68. The van der Waals surface area contributed by atoms with E-state index in [4.69, 9.17) is 0 Å². The van der Waals surface area contributed by atoms with Gasteiger partial charge < -0.3 is 10.6 Å². The first kappa shape index (κ1) is 20.9. The molecule has 0 bridgehead atoms. The van der Waals surface area contributed by atoms with Crippen LogP contribution >= 0.6 is 24.0 Å². The zero-order valence-electron chi connectivity index (χ0n) is 15.4. The van der Waals surface area contributed by atoms with Crippen molar-refractivity contribution in [2.75, 3.05) is 13.1 Å². The van der Waals surface area contributed by atoms with E-state index in [-0.39, 0.29) is 24.0 Å². The summed E-state index contributed by atoms with van der Waals surface area (Å²) in [7, 11) is 0. The summed E-state index contributed by atoms with van der Waals surface area (Å²) in [5, 5.41) is 10.9. The van der Waals surface area contributed by atoms with Gasteiger partial charge in [-0.1, -0.05) is 18.2 Å². The average molecular weight is 476 g/mol. The van der Waals surface area contributed by atoms with Gasteiger partial charge >= 0.3 is 0 Å². The van der Waals surface area contributed by atoms with Crippen molar-refractivity contribution in [1.29, 1.82) is 0 Å². The van der Waals surface area contributed by atoms with Crippen molar-refractivity contribution in [3.63, 3.8) is 0 Å². The quantitative estimate of drug-likeness (QED) is 0.312. The molecule has 0 aliphatic carbocycles. The number of nitrogens with zero attached hydrogens (tertiary/aromatic N) is 4. The molecule has 27 heavy (non-hydrogen) atoms. The molecule has 0 spiro atoms. The molecule has 0 radical (unpaired) electrons. The van der Waals surface area contributed by atoms with E-state index in [0.29, 0.717) is 6.54 Å². The van der Waals surface area contributed by atoms with E-state index in [1.807, 2.05) is 53.5 Å². The predicted octanol–water partition coefficient (Wildman–Crippen LogP) is 3.18. The fraction of sp³-hybridized carbons (Fsp3) is 0.250. The lowest BCUT2D eigenvalue weighted by Gasteiger charge is -2.11. The fourth-order valence-corrected chi connectivity index (χ4v) is 2.59. The molecule has 142 valence electrons. The summed E-state index contributed by atoms with van der Waals surface area (Å²) in [5.41, 5.74) is 3.25. The first-order chi connectivity index (χ1) is 12.8. The van der Waals surface area contributed by atoms with Gasteiger partial charge in [0, 0.05) is 43.8 Å². The van der Waals surface area contributed by atoms with Crippen LogP contribution in [0.2, 0.25) is 0 Å². The minimum absolute atomic E-state index is 0. The van der Waals surface area contributed by atoms with Gasteiger partial charge in [0.1, 0.15) is 0 Å². The molecule has 2 heterocycles. The van der Waals surface area contributed by atoms with E-state index in [2.05, 4.69) is 44.8 Å². The van der Waals surface area contributed by atoms with Gasteiger partial charge in [-0.3, -0.25) is 4.98 Å². The molecule has 7 heteroatoms. The van der Waals surface area contributed by atoms with Crippen molar-refractivity contribution >= 4 is 29.9 Å². The molecule has 2 N–H and O–H groups in total. The molecular formula is C20H25IN6. The molecule has 3 aromatic rings. The molecule has 6 nitrogen and oxygen atoms in total. The number of hydrogen-bond donors (Lipinski definition) is 2. The van der Waals surface area contributed by atoms with Gasteiger partial charge in [-0.25, -0.2) is 9.67 Å². The molecule has 0 atom stereocenters. The topological polar surface area (TPSA) is 67.1 Å². The first-order valence-electron chi connectivity index (χ1n) is 8.86. The lowest BCUT2D eigenvalue weighted by Crippen LogP contribution is -2.38. The third-order valence-corrected chi connectivity index (χ3v) is 3.84. The second-order valence-electron chi connectivity index (χ2n) is 5.81. The zero-order valence-corrected chi connectivity index (χ0v) is 17.7. The molecule has 0 unspecified atom stereocenters.